The Bertz CT molecular complexity index is 567. The molecule has 1 amide bonds. The first-order chi connectivity index (χ1) is 10.7. The van der Waals surface area contributed by atoms with Crippen LogP contribution in [0.5, 0.6) is 0 Å². The number of carbonyl (C=O) groups excluding carboxylic acids is 1. The van der Waals surface area contributed by atoms with E-state index in [-0.39, 0.29) is 0 Å². The Morgan fingerprint density at radius 3 is 2.55 bits per heavy atom. The van der Waals surface area contributed by atoms with E-state index in [0.717, 1.165) is 43.7 Å². The lowest BCUT2D eigenvalue weighted by molar-refractivity contribution is -0.140. The van der Waals surface area contributed by atoms with Crippen molar-refractivity contribution in [2.75, 3.05) is 6.54 Å². The Kier molecular flexibility index (Phi) is 2.78. The third-order valence-corrected chi connectivity index (χ3v) is 6.97. The van der Waals surface area contributed by atoms with Crippen molar-refractivity contribution in [2.45, 2.75) is 57.9 Å². The van der Waals surface area contributed by atoms with E-state index in [0.29, 0.717) is 11.3 Å². The van der Waals surface area contributed by atoms with E-state index in [9.17, 15) is 4.79 Å². The summed E-state index contributed by atoms with van der Waals surface area (Å²) in [6.07, 6.45) is 12.2. The predicted molar refractivity (Wildman–Crippen MR) is 85.1 cm³/mol. The number of carbonyl (C=O) groups is 1. The molecule has 4 saturated carbocycles. The summed E-state index contributed by atoms with van der Waals surface area (Å²) in [4.78, 5) is 18.4. The van der Waals surface area contributed by atoms with E-state index in [1.54, 1.807) is 0 Å². The van der Waals surface area contributed by atoms with E-state index >= 15 is 0 Å². The highest BCUT2D eigenvalue weighted by atomic mass is 16.2. The molecule has 118 valence electrons. The SMILES string of the molecule is O=C(CC12CC3CC(CC(C3)C1)C2)N1CCc2[nH]ccc2C1. The number of hydrogen-bond acceptors (Lipinski definition) is 1. The zero-order valence-corrected chi connectivity index (χ0v) is 13.3. The zero-order valence-electron chi connectivity index (χ0n) is 13.3. The standard InChI is InChI=1S/C19H26N2O/c22-18(21-4-2-17-16(12-21)1-3-20-17)11-19-8-13-5-14(9-19)7-15(6-13)10-19/h1,3,13-15,20H,2,4-12H2. The van der Waals surface area contributed by atoms with Crippen molar-refractivity contribution >= 4 is 5.91 Å². The van der Waals surface area contributed by atoms with Gasteiger partial charge in [0.05, 0.1) is 0 Å². The number of nitrogens with zero attached hydrogens (tertiary/aromatic N) is 1. The van der Waals surface area contributed by atoms with Crippen LogP contribution in [0.3, 0.4) is 0 Å². The van der Waals surface area contributed by atoms with Crippen LogP contribution in [0.2, 0.25) is 0 Å². The third-order valence-electron chi connectivity index (χ3n) is 6.97. The summed E-state index contributed by atoms with van der Waals surface area (Å²) in [6.45, 7) is 1.72. The summed E-state index contributed by atoms with van der Waals surface area (Å²) in [5.74, 6) is 3.25. The summed E-state index contributed by atoms with van der Waals surface area (Å²) < 4.78 is 0. The fraction of sp³-hybridized carbons (Fsp3) is 0.737. The van der Waals surface area contributed by atoms with E-state index in [1.165, 1.54) is 49.8 Å². The monoisotopic (exact) mass is 298 g/mol. The Morgan fingerprint density at radius 2 is 1.86 bits per heavy atom. The van der Waals surface area contributed by atoms with E-state index in [1.807, 2.05) is 6.20 Å². The smallest absolute Gasteiger partial charge is 0.223 e. The van der Waals surface area contributed by atoms with Crippen molar-refractivity contribution in [2.24, 2.45) is 23.2 Å². The first-order valence-electron chi connectivity index (χ1n) is 9.12. The molecule has 5 aliphatic rings. The predicted octanol–water partition coefficient (Wildman–Crippen LogP) is 3.51. The second-order valence-electron chi connectivity index (χ2n) is 8.64. The molecule has 22 heavy (non-hydrogen) atoms. The summed E-state index contributed by atoms with van der Waals surface area (Å²) in [6, 6.07) is 2.14. The second-order valence-corrected chi connectivity index (χ2v) is 8.64. The van der Waals surface area contributed by atoms with Crippen molar-refractivity contribution in [3.05, 3.63) is 23.5 Å². The molecule has 0 atom stereocenters. The quantitative estimate of drug-likeness (QED) is 0.891. The van der Waals surface area contributed by atoms with Gasteiger partial charge in [0.1, 0.15) is 0 Å². The molecule has 1 aliphatic heterocycles. The maximum absolute atomic E-state index is 12.9. The van der Waals surface area contributed by atoms with Gasteiger partial charge in [-0.15, -0.1) is 0 Å². The maximum Gasteiger partial charge on any atom is 0.223 e. The number of aromatic amines is 1. The van der Waals surface area contributed by atoms with Gasteiger partial charge in [-0.05, 0) is 73.3 Å². The van der Waals surface area contributed by atoms with Crippen molar-refractivity contribution in [1.82, 2.24) is 9.88 Å². The highest BCUT2D eigenvalue weighted by Crippen LogP contribution is 2.61. The maximum atomic E-state index is 12.9. The minimum Gasteiger partial charge on any atom is -0.365 e. The molecule has 0 saturated heterocycles. The molecular formula is C19H26N2O. The zero-order chi connectivity index (χ0) is 14.7. The molecule has 3 nitrogen and oxygen atoms in total. The van der Waals surface area contributed by atoms with Crippen LogP contribution in [-0.4, -0.2) is 22.3 Å². The van der Waals surface area contributed by atoms with Gasteiger partial charge in [0.15, 0.2) is 0 Å². The molecule has 3 heteroatoms. The fourth-order valence-electron chi connectivity index (χ4n) is 6.50. The number of H-pyrrole nitrogens is 1. The van der Waals surface area contributed by atoms with Gasteiger partial charge in [0, 0.05) is 37.8 Å². The summed E-state index contributed by atoms with van der Waals surface area (Å²) in [5.41, 5.74) is 3.04. The average Bonchev–Trinajstić information content (AvgIpc) is 2.92. The van der Waals surface area contributed by atoms with Crippen LogP contribution in [0.15, 0.2) is 12.3 Å². The fourth-order valence-corrected chi connectivity index (χ4v) is 6.50. The third kappa shape index (κ3) is 2.04. The number of hydrogen-bond donors (Lipinski definition) is 1. The Hall–Kier alpha value is -1.25. The van der Waals surface area contributed by atoms with Crippen LogP contribution in [0.1, 0.15) is 56.2 Å². The van der Waals surface area contributed by atoms with E-state index in [2.05, 4.69) is 16.0 Å². The van der Waals surface area contributed by atoms with Crippen LogP contribution >= 0.6 is 0 Å². The summed E-state index contributed by atoms with van der Waals surface area (Å²) in [5, 5.41) is 0. The summed E-state index contributed by atoms with van der Waals surface area (Å²) in [7, 11) is 0. The van der Waals surface area contributed by atoms with Crippen molar-refractivity contribution < 1.29 is 4.79 Å². The number of amides is 1. The molecule has 0 aromatic carbocycles. The number of fused-ring (bicyclic) bond motifs is 1. The van der Waals surface area contributed by atoms with Crippen LogP contribution in [0, 0.1) is 23.2 Å². The molecule has 2 heterocycles. The molecule has 4 fully saturated rings. The van der Waals surface area contributed by atoms with Crippen LogP contribution in [0.25, 0.3) is 0 Å². The van der Waals surface area contributed by atoms with Gasteiger partial charge in [-0.25, -0.2) is 0 Å². The lowest BCUT2D eigenvalue weighted by atomic mass is 9.49. The molecule has 6 rings (SSSR count). The molecule has 0 unspecified atom stereocenters. The average molecular weight is 298 g/mol. The molecule has 1 aromatic rings. The summed E-state index contributed by atoms with van der Waals surface area (Å²) >= 11 is 0. The minimum absolute atomic E-state index is 0.379. The van der Waals surface area contributed by atoms with Gasteiger partial charge in [0.25, 0.3) is 0 Å². The molecule has 4 bridgehead atoms. The van der Waals surface area contributed by atoms with Gasteiger partial charge in [-0.3, -0.25) is 4.79 Å². The minimum atomic E-state index is 0.379. The van der Waals surface area contributed by atoms with Crippen molar-refractivity contribution in [1.29, 1.82) is 0 Å². The second kappa shape index (κ2) is 4.62. The van der Waals surface area contributed by atoms with Crippen LogP contribution < -0.4 is 0 Å². The molecule has 1 N–H and O–H groups in total. The van der Waals surface area contributed by atoms with Crippen molar-refractivity contribution in [3.63, 3.8) is 0 Å². The van der Waals surface area contributed by atoms with Crippen molar-refractivity contribution in [3.8, 4) is 0 Å². The normalized spacial score (nSPS) is 39.1. The van der Waals surface area contributed by atoms with Gasteiger partial charge in [-0.1, -0.05) is 0 Å². The Morgan fingerprint density at radius 1 is 1.18 bits per heavy atom. The number of aromatic nitrogens is 1. The molecule has 0 spiro atoms. The highest BCUT2D eigenvalue weighted by molar-refractivity contribution is 5.77. The van der Waals surface area contributed by atoms with Gasteiger partial charge >= 0.3 is 0 Å². The first kappa shape index (κ1) is 13.2. The molecule has 0 radical (unpaired) electrons. The number of nitrogens with one attached hydrogen (secondary N) is 1. The van der Waals surface area contributed by atoms with Crippen LogP contribution in [-0.2, 0) is 17.8 Å². The lowest BCUT2D eigenvalue weighted by Gasteiger charge is -2.57. The number of rotatable bonds is 2. The van der Waals surface area contributed by atoms with E-state index < -0.39 is 0 Å². The topological polar surface area (TPSA) is 36.1 Å². The largest absolute Gasteiger partial charge is 0.365 e. The van der Waals surface area contributed by atoms with Gasteiger partial charge in [0.2, 0.25) is 5.91 Å². The molecule has 4 aliphatic carbocycles. The molecule has 1 aromatic heterocycles. The first-order valence-corrected chi connectivity index (χ1v) is 9.12. The lowest BCUT2D eigenvalue weighted by Crippen LogP contribution is -2.48. The van der Waals surface area contributed by atoms with Gasteiger partial charge in [-0.2, -0.15) is 0 Å². The molecular weight excluding hydrogens is 272 g/mol. The highest BCUT2D eigenvalue weighted by Gasteiger charge is 2.51. The van der Waals surface area contributed by atoms with Gasteiger partial charge < -0.3 is 9.88 Å². The van der Waals surface area contributed by atoms with E-state index in [4.69, 9.17) is 0 Å². The Balaban J connectivity index is 1.31. The Labute approximate surface area is 132 Å². The van der Waals surface area contributed by atoms with Crippen LogP contribution in [0.4, 0.5) is 0 Å².